The lowest BCUT2D eigenvalue weighted by Gasteiger charge is -2.24. The Morgan fingerprint density at radius 1 is 1.45 bits per heavy atom. The van der Waals surface area contributed by atoms with Gasteiger partial charge in [0.05, 0.1) is 6.54 Å². The summed E-state index contributed by atoms with van der Waals surface area (Å²) in [6.45, 7) is 8.68. The minimum atomic E-state index is -0.327. The molecule has 1 amide bonds. The summed E-state index contributed by atoms with van der Waals surface area (Å²) in [7, 11) is 1.65. The highest BCUT2D eigenvalue weighted by atomic mass is 16.5. The van der Waals surface area contributed by atoms with Gasteiger partial charge in [-0.05, 0) is 56.3 Å². The quantitative estimate of drug-likeness (QED) is 0.763. The highest BCUT2D eigenvalue weighted by Gasteiger charge is 2.23. The summed E-state index contributed by atoms with van der Waals surface area (Å²) in [6, 6.07) is 1.84. The summed E-state index contributed by atoms with van der Waals surface area (Å²) in [5.74, 6) is 1.51. The molecule has 0 bridgehead atoms. The van der Waals surface area contributed by atoms with Crippen molar-refractivity contribution >= 4 is 5.91 Å². The van der Waals surface area contributed by atoms with E-state index in [2.05, 4.69) is 29.3 Å². The van der Waals surface area contributed by atoms with E-state index in [1.54, 1.807) is 24.7 Å². The van der Waals surface area contributed by atoms with Gasteiger partial charge in [-0.25, -0.2) is 0 Å². The zero-order valence-electron chi connectivity index (χ0n) is 17.8. The number of carbonyl (C=O) groups is 1. The van der Waals surface area contributed by atoms with Crippen LogP contribution in [0.5, 0.6) is 0 Å². The van der Waals surface area contributed by atoms with E-state index in [1.165, 1.54) is 4.90 Å². The number of hydrogen-bond donors (Lipinski definition) is 1. The average Bonchev–Trinajstić information content (AvgIpc) is 3.11. The van der Waals surface area contributed by atoms with Crippen LogP contribution in [-0.4, -0.2) is 45.7 Å². The minimum absolute atomic E-state index is 0.171. The van der Waals surface area contributed by atoms with Gasteiger partial charge in [0.15, 0.2) is 5.82 Å². The maximum absolute atomic E-state index is 13.0. The number of rotatable bonds is 7. The van der Waals surface area contributed by atoms with Crippen LogP contribution in [-0.2, 0) is 19.5 Å². The van der Waals surface area contributed by atoms with Gasteiger partial charge >= 0.3 is 0 Å². The zero-order chi connectivity index (χ0) is 21.0. The number of nitrogens with zero attached hydrogens (tertiary/aromatic N) is 4. The predicted octanol–water partition coefficient (Wildman–Crippen LogP) is 2.01. The van der Waals surface area contributed by atoms with E-state index >= 15 is 0 Å². The van der Waals surface area contributed by atoms with Gasteiger partial charge in [-0.2, -0.15) is 4.98 Å². The van der Waals surface area contributed by atoms with Crippen LogP contribution in [0.15, 0.2) is 21.6 Å². The highest BCUT2D eigenvalue weighted by Crippen LogP contribution is 2.14. The van der Waals surface area contributed by atoms with Crippen molar-refractivity contribution in [3.8, 4) is 0 Å². The van der Waals surface area contributed by atoms with E-state index in [4.69, 9.17) is 4.52 Å². The molecule has 0 saturated carbocycles. The summed E-state index contributed by atoms with van der Waals surface area (Å²) in [6.07, 6.45) is 4.72. The fraction of sp³-hybridized carbons (Fsp3) is 0.619. The van der Waals surface area contributed by atoms with Crippen LogP contribution < -0.4 is 10.9 Å². The molecule has 0 aromatic carbocycles. The molecule has 1 aliphatic rings. The first-order valence-corrected chi connectivity index (χ1v) is 10.3. The van der Waals surface area contributed by atoms with E-state index < -0.39 is 0 Å². The summed E-state index contributed by atoms with van der Waals surface area (Å²) in [4.78, 5) is 31.9. The molecule has 1 unspecified atom stereocenters. The van der Waals surface area contributed by atoms with Crippen LogP contribution >= 0.6 is 0 Å². The third kappa shape index (κ3) is 5.32. The largest absolute Gasteiger partial charge is 0.337 e. The molecule has 8 heteroatoms. The first-order chi connectivity index (χ1) is 13.8. The molecule has 1 N–H and O–H groups in total. The molecule has 1 atom stereocenters. The first-order valence-electron chi connectivity index (χ1n) is 10.3. The number of amides is 1. The Morgan fingerprint density at radius 2 is 2.24 bits per heavy atom. The van der Waals surface area contributed by atoms with Crippen molar-refractivity contribution in [3.05, 3.63) is 45.5 Å². The fourth-order valence-electron chi connectivity index (χ4n) is 3.69. The Bertz CT molecular complexity index is 896. The second-order valence-corrected chi connectivity index (χ2v) is 8.41. The van der Waals surface area contributed by atoms with Gasteiger partial charge in [0.2, 0.25) is 5.89 Å². The third-order valence-electron chi connectivity index (χ3n) is 5.26. The lowest BCUT2D eigenvalue weighted by atomic mass is 9.99. The molecule has 1 aliphatic heterocycles. The van der Waals surface area contributed by atoms with E-state index in [0.717, 1.165) is 32.4 Å². The molecule has 0 radical (unpaired) electrons. The van der Waals surface area contributed by atoms with Crippen molar-refractivity contribution in [3.63, 3.8) is 0 Å². The molecule has 29 heavy (non-hydrogen) atoms. The Labute approximate surface area is 171 Å². The maximum Gasteiger partial charge on any atom is 0.263 e. The molecule has 2 aromatic rings. The summed E-state index contributed by atoms with van der Waals surface area (Å²) in [5, 5.41) is 7.33. The lowest BCUT2D eigenvalue weighted by molar-refractivity contribution is 0.0766. The molecule has 3 heterocycles. The molecule has 1 saturated heterocycles. The zero-order valence-corrected chi connectivity index (χ0v) is 17.8. The smallest absolute Gasteiger partial charge is 0.263 e. The van der Waals surface area contributed by atoms with Gasteiger partial charge in [-0.1, -0.05) is 19.0 Å². The first kappa shape index (κ1) is 21.2. The van der Waals surface area contributed by atoms with Crippen LogP contribution in [0.3, 0.4) is 0 Å². The van der Waals surface area contributed by atoms with Crippen molar-refractivity contribution in [2.24, 2.45) is 11.8 Å². The van der Waals surface area contributed by atoms with Gasteiger partial charge in [-0.15, -0.1) is 0 Å². The summed E-state index contributed by atoms with van der Waals surface area (Å²) >= 11 is 0. The Kier molecular flexibility index (Phi) is 6.84. The number of aryl methyl sites for hydroxylation is 1. The van der Waals surface area contributed by atoms with Crippen LogP contribution in [0.1, 0.15) is 54.3 Å². The monoisotopic (exact) mass is 401 g/mol. The number of carbonyl (C=O) groups excluding carboxylic acids is 1. The van der Waals surface area contributed by atoms with Gasteiger partial charge in [0.25, 0.3) is 11.5 Å². The Hall–Kier alpha value is -2.48. The number of hydrogen-bond acceptors (Lipinski definition) is 6. The van der Waals surface area contributed by atoms with Gasteiger partial charge in [0, 0.05) is 26.2 Å². The van der Waals surface area contributed by atoms with Crippen LogP contribution in [0.4, 0.5) is 0 Å². The molecule has 2 aromatic heterocycles. The van der Waals surface area contributed by atoms with Crippen molar-refractivity contribution in [2.75, 3.05) is 20.1 Å². The summed E-state index contributed by atoms with van der Waals surface area (Å²) in [5.41, 5.74) is 0.648. The van der Waals surface area contributed by atoms with E-state index in [9.17, 15) is 9.59 Å². The lowest BCUT2D eigenvalue weighted by Crippen LogP contribution is -2.38. The topological polar surface area (TPSA) is 93.3 Å². The standard InChI is InChI=1S/C21H31N5O3/c1-14(2)10-17-23-18(29-24-17)13-25(4)20(27)19-15(3)7-9-26(21(19)28)12-16-6-5-8-22-11-16/h7,9,14,16,22H,5-6,8,10-13H2,1-4H3. The van der Waals surface area contributed by atoms with Gasteiger partial charge < -0.3 is 19.3 Å². The minimum Gasteiger partial charge on any atom is -0.337 e. The number of piperidine rings is 1. The molecular formula is C21H31N5O3. The highest BCUT2D eigenvalue weighted by molar-refractivity contribution is 5.95. The second-order valence-electron chi connectivity index (χ2n) is 8.41. The van der Waals surface area contributed by atoms with Crippen molar-refractivity contribution in [1.82, 2.24) is 24.9 Å². The number of pyridine rings is 1. The van der Waals surface area contributed by atoms with Crippen LogP contribution in [0.2, 0.25) is 0 Å². The van der Waals surface area contributed by atoms with E-state index in [-0.39, 0.29) is 23.6 Å². The molecule has 0 aliphatic carbocycles. The maximum atomic E-state index is 13.0. The number of nitrogens with one attached hydrogen (secondary N) is 1. The SMILES string of the molecule is Cc1ccn(CC2CCCNC2)c(=O)c1C(=O)N(C)Cc1nc(CC(C)C)no1. The van der Waals surface area contributed by atoms with Gasteiger partial charge in [0.1, 0.15) is 5.56 Å². The molecule has 0 spiro atoms. The Morgan fingerprint density at radius 3 is 2.93 bits per heavy atom. The van der Waals surface area contributed by atoms with Crippen LogP contribution in [0, 0.1) is 18.8 Å². The second kappa shape index (κ2) is 9.35. The van der Waals surface area contributed by atoms with E-state index in [1.807, 2.05) is 6.07 Å². The van der Waals surface area contributed by atoms with Crippen molar-refractivity contribution in [2.45, 2.75) is 53.1 Å². The Balaban J connectivity index is 1.74. The van der Waals surface area contributed by atoms with E-state index in [0.29, 0.717) is 35.7 Å². The number of aromatic nitrogens is 3. The van der Waals surface area contributed by atoms with Crippen molar-refractivity contribution < 1.29 is 9.32 Å². The average molecular weight is 402 g/mol. The predicted molar refractivity (Wildman–Crippen MR) is 110 cm³/mol. The summed E-state index contributed by atoms with van der Waals surface area (Å²) < 4.78 is 6.93. The third-order valence-corrected chi connectivity index (χ3v) is 5.26. The normalized spacial score (nSPS) is 16.9. The molecule has 3 rings (SSSR count). The van der Waals surface area contributed by atoms with Crippen molar-refractivity contribution in [1.29, 1.82) is 0 Å². The molecule has 8 nitrogen and oxygen atoms in total. The molecule has 158 valence electrons. The van der Waals surface area contributed by atoms with Crippen LogP contribution in [0.25, 0.3) is 0 Å². The molecule has 1 fully saturated rings. The molecular weight excluding hydrogens is 370 g/mol. The fourth-order valence-corrected chi connectivity index (χ4v) is 3.69. The van der Waals surface area contributed by atoms with Gasteiger partial charge in [-0.3, -0.25) is 9.59 Å².